The molecular weight excluding hydrogens is 262 g/mol. The lowest BCUT2D eigenvalue weighted by atomic mass is 10.1. The summed E-state index contributed by atoms with van der Waals surface area (Å²) in [5, 5.41) is 17.2. The smallest absolute Gasteiger partial charge is 0.148 e. The van der Waals surface area contributed by atoms with Gasteiger partial charge >= 0.3 is 0 Å². The molecule has 0 atom stereocenters. The third-order valence-electron chi connectivity index (χ3n) is 3.27. The molecule has 0 aliphatic rings. The van der Waals surface area contributed by atoms with Crippen LogP contribution in [-0.4, -0.2) is 17.3 Å². The Hall–Kier alpha value is -3.06. The minimum atomic E-state index is 0.501. The molecule has 3 rings (SSSR count). The van der Waals surface area contributed by atoms with E-state index in [-0.39, 0.29) is 0 Å². The first-order valence-electron chi connectivity index (χ1n) is 6.52. The number of rotatable bonds is 3. The van der Waals surface area contributed by atoms with Crippen LogP contribution in [0.4, 0.5) is 0 Å². The molecule has 0 spiro atoms. The van der Waals surface area contributed by atoms with Gasteiger partial charge in [-0.1, -0.05) is 36.4 Å². The normalized spacial score (nSPS) is 10.9. The predicted octanol–water partition coefficient (Wildman–Crippen LogP) is 3.61. The van der Waals surface area contributed by atoms with Gasteiger partial charge in [-0.2, -0.15) is 10.4 Å². The summed E-state index contributed by atoms with van der Waals surface area (Å²) in [5.74, 6) is 0.552. The standard InChI is InChI=1S/C17H13N3O/c1-21-17-13(11-18)8-10-15-16(17)14(19-20-15)9-7-12-5-3-2-4-6-12/h2-10H,1H3,(H,19,20). The minimum Gasteiger partial charge on any atom is -0.495 e. The fraction of sp³-hybridized carbons (Fsp3) is 0.0588. The second-order valence-electron chi connectivity index (χ2n) is 4.53. The predicted molar refractivity (Wildman–Crippen MR) is 82.7 cm³/mol. The number of nitriles is 1. The molecule has 4 heteroatoms. The Bertz CT molecular complexity index is 842. The highest BCUT2D eigenvalue weighted by atomic mass is 16.5. The second kappa shape index (κ2) is 5.51. The van der Waals surface area contributed by atoms with Crippen molar-refractivity contribution in [2.75, 3.05) is 7.11 Å². The number of methoxy groups -OCH3 is 1. The summed E-state index contributed by atoms with van der Waals surface area (Å²) in [6.07, 6.45) is 3.89. The molecular formula is C17H13N3O. The largest absolute Gasteiger partial charge is 0.495 e. The monoisotopic (exact) mass is 275 g/mol. The van der Waals surface area contributed by atoms with Gasteiger partial charge in [-0.15, -0.1) is 0 Å². The summed E-state index contributed by atoms with van der Waals surface area (Å²) in [4.78, 5) is 0. The van der Waals surface area contributed by atoms with Crippen molar-refractivity contribution < 1.29 is 4.74 Å². The van der Waals surface area contributed by atoms with E-state index in [0.717, 1.165) is 22.2 Å². The molecule has 0 unspecified atom stereocenters. The van der Waals surface area contributed by atoms with E-state index in [0.29, 0.717) is 11.3 Å². The van der Waals surface area contributed by atoms with Crippen LogP contribution in [0.15, 0.2) is 42.5 Å². The first-order chi connectivity index (χ1) is 10.3. The van der Waals surface area contributed by atoms with E-state index < -0.39 is 0 Å². The Morgan fingerprint density at radius 1 is 1.14 bits per heavy atom. The number of nitrogens with zero attached hydrogens (tertiary/aromatic N) is 2. The molecule has 0 aliphatic carbocycles. The highest BCUT2D eigenvalue weighted by molar-refractivity contribution is 5.95. The SMILES string of the molecule is COc1c(C#N)ccc2[nH]nc(C=Cc3ccccc3)c12. The van der Waals surface area contributed by atoms with Crippen LogP contribution in [-0.2, 0) is 0 Å². The van der Waals surface area contributed by atoms with Crippen molar-refractivity contribution in [3.8, 4) is 11.8 Å². The molecule has 0 fully saturated rings. The highest BCUT2D eigenvalue weighted by Crippen LogP contribution is 2.31. The first kappa shape index (κ1) is 12.9. The Morgan fingerprint density at radius 2 is 1.95 bits per heavy atom. The third kappa shape index (κ3) is 2.37. The van der Waals surface area contributed by atoms with E-state index in [1.54, 1.807) is 13.2 Å². The zero-order valence-corrected chi connectivity index (χ0v) is 11.5. The molecule has 1 N–H and O–H groups in total. The highest BCUT2D eigenvalue weighted by Gasteiger charge is 2.13. The van der Waals surface area contributed by atoms with Gasteiger partial charge in [-0.3, -0.25) is 5.10 Å². The van der Waals surface area contributed by atoms with Gasteiger partial charge in [0.15, 0.2) is 0 Å². The van der Waals surface area contributed by atoms with Crippen molar-refractivity contribution in [1.82, 2.24) is 10.2 Å². The van der Waals surface area contributed by atoms with E-state index in [1.807, 2.05) is 48.6 Å². The number of aromatic amines is 1. The maximum Gasteiger partial charge on any atom is 0.148 e. The zero-order valence-electron chi connectivity index (χ0n) is 11.5. The van der Waals surface area contributed by atoms with Gasteiger partial charge in [0.05, 0.1) is 29.3 Å². The maximum atomic E-state index is 9.17. The van der Waals surface area contributed by atoms with Crippen molar-refractivity contribution in [2.24, 2.45) is 0 Å². The van der Waals surface area contributed by atoms with E-state index >= 15 is 0 Å². The summed E-state index contributed by atoms with van der Waals surface area (Å²) >= 11 is 0. The molecule has 0 amide bonds. The second-order valence-corrected chi connectivity index (χ2v) is 4.53. The molecule has 0 bridgehead atoms. The number of hydrogen-bond donors (Lipinski definition) is 1. The molecule has 0 saturated carbocycles. The topological polar surface area (TPSA) is 61.7 Å². The fourth-order valence-corrected chi connectivity index (χ4v) is 2.27. The number of aromatic nitrogens is 2. The summed E-state index contributed by atoms with van der Waals surface area (Å²) in [5.41, 5.74) is 3.19. The van der Waals surface area contributed by atoms with Crippen LogP contribution in [0.2, 0.25) is 0 Å². The van der Waals surface area contributed by atoms with Crippen LogP contribution in [0.3, 0.4) is 0 Å². The van der Waals surface area contributed by atoms with Gasteiger partial charge in [0, 0.05) is 0 Å². The van der Waals surface area contributed by atoms with Gasteiger partial charge in [0.2, 0.25) is 0 Å². The Kier molecular flexibility index (Phi) is 3.40. The molecule has 1 heterocycles. The molecule has 0 aliphatic heterocycles. The summed E-state index contributed by atoms with van der Waals surface area (Å²) in [6, 6.07) is 15.7. The van der Waals surface area contributed by atoms with Crippen molar-refractivity contribution in [3.63, 3.8) is 0 Å². The quantitative estimate of drug-likeness (QED) is 0.794. The average molecular weight is 275 g/mol. The van der Waals surface area contributed by atoms with Crippen LogP contribution in [0, 0.1) is 11.3 Å². The van der Waals surface area contributed by atoms with Gasteiger partial charge in [0.1, 0.15) is 11.8 Å². The Balaban J connectivity index is 2.12. The summed E-state index contributed by atoms with van der Waals surface area (Å²) < 4.78 is 5.38. The lowest BCUT2D eigenvalue weighted by molar-refractivity contribution is 0.418. The van der Waals surface area contributed by atoms with E-state index in [4.69, 9.17) is 10.00 Å². The third-order valence-corrected chi connectivity index (χ3v) is 3.27. The number of ether oxygens (including phenoxy) is 1. The van der Waals surface area contributed by atoms with Crippen LogP contribution < -0.4 is 4.74 Å². The van der Waals surface area contributed by atoms with Gasteiger partial charge in [0.25, 0.3) is 0 Å². The number of benzene rings is 2. The maximum absolute atomic E-state index is 9.17. The van der Waals surface area contributed by atoms with Crippen LogP contribution in [0.25, 0.3) is 23.1 Å². The van der Waals surface area contributed by atoms with Crippen LogP contribution in [0.1, 0.15) is 16.8 Å². The summed E-state index contributed by atoms with van der Waals surface area (Å²) in [6.45, 7) is 0. The van der Waals surface area contributed by atoms with Crippen molar-refractivity contribution >= 4 is 23.1 Å². The Morgan fingerprint density at radius 3 is 2.67 bits per heavy atom. The first-order valence-corrected chi connectivity index (χ1v) is 6.52. The van der Waals surface area contributed by atoms with E-state index in [2.05, 4.69) is 16.3 Å². The number of nitrogens with one attached hydrogen (secondary N) is 1. The fourth-order valence-electron chi connectivity index (χ4n) is 2.27. The molecule has 0 radical (unpaired) electrons. The van der Waals surface area contributed by atoms with E-state index in [1.165, 1.54) is 0 Å². The van der Waals surface area contributed by atoms with Crippen molar-refractivity contribution in [2.45, 2.75) is 0 Å². The number of H-pyrrole nitrogens is 1. The molecule has 4 nitrogen and oxygen atoms in total. The lowest BCUT2D eigenvalue weighted by Gasteiger charge is -2.04. The molecule has 2 aromatic carbocycles. The van der Waals surface area contributed by atoms with E-state index in [9.17, 15) is 0 Å². The number of fused-ring (bicyclic) bond motifs is 1. The molecule has 102 valence electrons. The zero-order chi connectivity index (χ0) is 14.7. The molecule has 3 aromatic rings. The average Bonchev–Trinajstić information content (AvgIpc) is 2.96. The van der Waals surface area contributed by atoms with Crippen LogP contribution in [0.5, 0.6) is 5.75 Å². The minimum absolute atomic E-state index is 0.501. The molecule has 21 heavy (non-hydrogen) atoms. The Labute approximate surface area is 122 Å². The van der Waals surface area contributed by atoms with Gasteiger partial charge in [-0.05, 0) is 23.8 Å². The molecule has 0 saturated heterocycles. The van der Waals surface area contributed by atoms with Crippen molar-refractivity contribution in [3.05, 3.63) is 59.3 Å². The van der Waals surface area contributed by atoms with Gasteiger partial charge < -0.3 is 4.74 Å². The lowest BCUT2D eigenvalue weighted by Crippen LogP contribution is -1.89. The number of hydrogen-bond acceptors (Lipinski definition) is 3. The van der Waals surface area contributed by atoms with Gasteiger partial charge in [-0.25, -0.2) is 0 Å². The van der Waals surface area contributed by atoms with Crippen molar-refractivity contribution in [1.29, 1.82) is 5.26 Å². The van der Waals surface area contributed by atoms with Crippen LogP contribution >= 0.6 is 0 Å². The summed E-state index contributed by atoms with van der Waals surface area (Å²) in [7, 11) is 1.56. The molecule has 1 aromatic heterocycles.